The number of amides is 1. The normalized spacial score (nSPS) is 9.83. The van der Waals surface area contributed by atoms with Gasteiger partial charge in [-0.2, -0.15) is 0 Å². The highest BCUT2D eigenvalue weighted by molar-refractivity contribution is 5.98. The number of aryl methyl sites for hydroxylation is 2. The van der Waals surface area contributed by atoms with E-state index in [0.29, 0.717) is 5.56 Å². The fraction of sp³-hybridized carbons (Fsp3) is 0.294. The van der Waals surface area contributed by atoms with Crippen molar-refractivity contribution in [2.45, 2.75) is 27.7 Å². The summed E-state index contributed by atoms with van der Waals surface area (Å²) in [7, 11) is 1.50. The molecular formula is C17H22FN3O2. The first kappa shape index (κ1) is 18.4. The Balaban J connectivity index is 0.00000127. The number of rotatable bonds is 3. The lowest BCUT2D eigenvalue weighted by Gasteiger charge is -2.16. The predicted octanol–water partition coefficient (Wildman–Crippen LogP) is 3.01. The van der Waals surface area contributed by atoms with Crippen molar-refractivity contribution < 1.29 is 9.18 Å². The Labute approximate surface area is 134 Å². The van der Waals surface area contributed by atoms with Gasteiger partial charge in [-0.05, 0) is 37.6 Å². The van der Waals surface area contributed by atoms with Crippen molar-refractivity contribution in [3.8, 4) is 0 Å². The molecule has 0 aliphatic carbocycles. The molecular weight excluding hydrogens is 297 g/mol. The lowest BCUT2D eigenvalue weighted by Crippen LogP contribution is -2.26. The van der Waals surface area contributed by atoms with E-state index in [1.807, 2.05) is 13.8 Å². The Morgan fingerprint density at radius 2 is 1.83 bits per heavy atom. The first-order valence-corrected chi connectivity index (χ1v) is 7.35. The Bertz CT molecular complexity index is 782. The van der Waals surface area contributed by atoms with Crippen LogP contribution in [0.3, 0.4) is 0 Å². The highest BCUT2D eigenvalue weighted by Crippen LogP contribution is 2.23. The number of primary amides is 1. The SMILES string of the molecule is CC.Cc1ccc(Nc2c(C(N)=O)cc(C)c(=O)n2C)c(F)c1. The summed E-state index contributed by atoms with van der Waals surface area (Å²) in [4.78, 5) is 23.5. The molecule has 1 aromatic carbocycles. The van der Waals surface area contributed by atoms with Gasteiger partial charge in [-0.1, -0.05) is 19.9 Å². The second kappa shape index (κ2) is 7.58. The zero-order valence-corrected chi connectivity index (χ0v) is 14.0. The topological polar surface area (TPSA) is 77.1 Å². The summed E-state index contributed by atoms with van der Waals surface area (Å²) in [5, 5.41) is 2.77. The predicted molar refractivity (Wildman–Crippen MR) is 90.7 cm³/mol. The third kappa shape index (κ3) is 3.97. The van der Waals surface area contributed by atoms with Crippen LogP contribution < -0.4 is 16.6 Å². The highest BCUT2D eigenvalue weighted by Gasteiger charge is 2.16. The quantitative estimate of drug-likeness (QED) is 0.913. The summed E-state index contributed by atoms with van der Waals surface area (Å²) in [6.45, 7) is 7.36. The number of carbonyl (C=O) groups is 1. The second-order valence-corrected chi connectivity index (χ2v) is 4.93. The van der Waals surface area contributed by atoms with E-state index in [-0.39, 0.29) is 22.6 Å². The van der Waals surface area contributed by atoms with Crippen molar-refractivity contribution in [3.05, 3.63) is 57.1 Å². The minimum Gasteiger partial charge on any atom is -0.365 e. The van der Waals surface area contributed by atoms with Crippen LogP contribution in [0.2, 0.25) is 0 Å². The summed E-state index contributed by atoms with van der Waals surface area (Å²) < 4.78 is 15.2. The second-order valence-electron chi connectivity index (χ2n) is 4.93. The van der Waals surface area contributed by atoms with Crippen LogP contribution in [-0.4, -0.2) is 10.5 Å². The number of aromatic nitrogens is 1. The molecule has 1 heterocycles. The zero-order chi connectivity index (χ0) is 17.7. The third-order valence-corrected chi connectivity index (χ3v) is 3.24. The number of pyridine rings is 1. The van der Waals surface area contributed by atoms with E-state index in [2.05, 4.69) is 5.32 Å². The van der Waals surface area contributed by atoms with Gasteiger partial charge in [0, 0.05) is 12.6 Å². The van der Waals surface area contributed by atoms with Crippen molar-refractivity contribution in [1.82, 2.24) is 4.57 Å². The first-order valence-electron chi connectivity index (χ1n) is 7.35. The molecule has 0 unspecified atom stereocenters. The molecule has 0 fully saturated rings. The van der Waals surface area contributed by atoms with Crippen LogP contribution in [0.4, 0.5) is 15.9 Å². The van der Waals surface area contributed by atoms with Crippen LogP contribution in [0.25, 0.3) is 0 Å². The maximum Gasteiger partial charge on any atom is 0.254 e. The van der Waals surface area contributed by atoms with Gasteiger partial charge < -0.3 is 11.1 Å². The van der Waals surface area contributed by atoms with Crippen LogP contribution >= 0.6 is 0 Å². The van der Waals surface area contributed by atoms with E-state index in [9.17, 15) is 14.0 Å². The zero-order valence-electron chi connectivity index (χ0n) is 14.0. The maximum atomic E-state index is 13.9. The minimum atomic E-state index is -0.691. The minimum absolute atomic E-state index is 0.134. The smallest absolute Gasteiger partial charge is 0.254 e. The number of nitrogens with two attached hydrogens (primary N) is 1. The van der Waals surface area contributed by atoms with E-state index < -0.39 is 11.7 Å². The molecule has 0 bridgehead atoms. The summed E-state index contributed by atoms with van der Waals surface area (Å²) in [5.41, 5.74) is 6.51. The van der Waals surface area contributed by atoms with Crippen molar-refractivity contribution in [2.75, 3.05) is 5.32 Å². The monoisotopic (exact) mass is 319 g/mol. The Hall–Kier alpha value is -2.63. The van der Waals surface area contributed by atoms with E-state index in [1.54, 1.807) is 26.0 Å². The molecule has 0 aliphatic rings. The average Bonchev–Trinajstić information content (AvgIpc) is 2.51. The Morgan fingerprint density at radius 1 is 1.22 bits per heavy atom. The van der Waals surface area contributed by atoms with Crippen molar-refractivity contribution in [2.24, 2.45) is 12.8 Å². The molecule has 0 saturated carbocycles. The third-order valence-electron chi connectivity index (χ3n) is 3.24. The van der Waals surface area contributed by atoms with E-state index >= 15 is 0 Å². The van der Waals surface area contributed by atoms with E-state index in [4.69, 9.17) is 5.73 Å². The number of halogens is 1. The Morgan fingerprint density at radius 3 is 2.35 bits per heavy atom. The van der Waals surface area contributed by atoms with Crippen LogP contribution in [0, 0.1) is 19.7 Å². The standard InChI is InChI=1S/C15H16FN3O2.C2H6/c1-8-4-5-12(11(16)6-8)18-14-10(13(17)20)7-9(2)15(21)19(14)3;1-2/h4-7,18H,1-3H3,(H2,17,20);1-2H3. The first-order chi connectivity index (χ1) is 10.8. The highest BCUT2D eigenvalue weighted by atomic mass is 19.1. The summed E-state index contributed by atoms with van der Waals surface area (Å²) >= 11 is 0. The maximum absolute atomic E-state index is 13.9. The van der Waals surface area contributed by atoms with Gasteiger partial charge in [0.2, 0.25) is 0 Å². The van der Waals surface area contributed by atoms with Crippen LogP contribution in [0.5, 0.6) is 0 Å². The molecule has 1 aromatic heterocycles. The number of hydrogen-bond acceptors (Lipinski definition) is 3. The number of nitrogens with one attached hydrogen (secondary N) is 1. The number of carbonyl (C=O) groups excluding carboxylic acids is 1. The summed E-state index contributed by atoms with van der Waals surface area (Å²) in [5.74, 6) is -0.997. The molecule has 3 N–H and O–H groups in total. The molecule has 6 heteroatoms. The molecule has 2 aromatic rings. The Kier molecular flexibility index (Phi) is 6.07. The fourth-order valence-corrected chi connectivity index (χ4v) is 2.08. The van der Waals surface area contributed by atoms with Crippen LogP contribution in [0.15, 0.2) is 29.1 Å². The number of benzene rings is 1. The summed E-state index contributed by atoms with van der Waals surface area (Å²) in [6.07, 6.45) is 0. The van der Waals surface area contributed by atoms with Crippen LogP contribution in [0.1, 0.15) is 35.3 Å². The molecule has 5 nitrogen and oxygen atoms in total. The van der Waals surface area contributed by atoms with Crippen molar-refractivity contribution in [3.63, 3.8) is 0 Å². The number of hydrogen-bond donors (Lipinski definition) is 2. The van der Waals surface area contributed by atoms with Crippen molar-refractivity contribution in [1.29, 1.82) is 0 Å². The molecule has 23 heavy (non-hydrogen) atoms. The van der Waals surface area contributed by atoms with Gasteiger partial charge in [-0.3, -0.25) is 14.2 Å². The number of nitrogens with zero attached hydrogens (tertiary/aromatic N) is 1. The molecule has 124 valence electrons. The molecule has 1 amide bonds. The van der Waals surface area contributed by atoms with Gasteiger partial charge in [0.1, 0.15) is 11.6 Å². The van der Waals surface area contributed by atoms with Gasteiger partial charge in [0.05, 0.1) is 11.3 Å². The van der Waals surface area contributed by atoms with Gasteiger partial charge in [-0.15, -0.1) is 0 Å². The molecule has 0 saturated heterocycles. The molecule has 2 rings (SSSR count). The van der Waals surface area contributed by atoms with E-state index in [1.165, 1.54) is 23.7 Å². The molecule has 0 radical (unpaired) electrons. The van der Waals surface area contributed by atoms with Crippen LogP contribution in [-0.2, 0) is 7.05 Å². The molecule has 0 atom stereocenters. The van der Waals surface area contributed by atoms with Gasteiger partial charge in [-0.25, -0.2) is 4.39 Å². The fourth-order valence-electron chi connectivity index (χ4n) is 2.08. The summed E-state index contributed by atoms with van der Waals surface area (Å²) in [6, 6.07) is 6.03. The molecule has 0 aliphatic heterocycles. The van der Waals surface area contributed by atoms with Gasteiger partial charge in [0.15, 0.2) is 0 Å². The van der Waals surface area contributed by atoms with Gasteiger partial charge >= 0.3 is 0 Å². The lowest BCUT2D eigenvalue weighted by molar-refractivity contribution is 0.100. The van der Waals surface area contributed by atoms with E-state index in [0.717, 1.165) is 5.56 Å². The lowest BCUT2D eigenvalue weighted by atomic mass is 10.1. The van der Waals surface area contributed by atoms with Gasteiger partial charge in [0.25, 0.3) is 11.5 Å². The molecule has 0 spiro atoms. The largest absolute Gasteiger partial charge is 0.365 e. The average molecular weight is 319 g/mol. The van der Waals surface area contributed by atoms with Crippen molar-refractivity contribution >= 4 is 17.4 Å². The number of anilines is 2.